The van der Waals surface area contributed by atoms with Crippen LogP contribution in [0.25, 0.3) is 54.6 Å². The van der Waals surface area contributed by atoms with Crippen molar-refractivity contribution in [2.75, 3.05) is 0 Å². The second-order valence-electron chi connectivity index (χ2n) is 12.3. The second kappa shape index (κ2) is 7.93. The predicted molar refractivity (Wildman–Crippen MR) is 158 cm³/mol. The molecule has 0 saturated heterocycles. The van der Waals surface area contributed by atoms with Crippen molar-refractivity contribution in [3.05, 3.63) is 108 Å². The SMILES string of the molecule is CC(C)(C)c1cc2cc(-c3ccccc3)c3cc(C(C)(C)C)cc4cc(-c5ccccc5)c(c1)c2c43. The van der Waals surface area contributed by atoms with Gasteiger partial charge in [-0.3, -0.25) is 0 Å². The van der Waals surface area contributed by atoms with Crippen LogP contribution in [0.15, 0.2) is 97.1 Å². The summed E-state index contributed by atoms with van der Waals surface area (Å²) in [5.41, 5.74) is 8.06. The molecule has 0 N–H and O–H groups in total. The first-order chi connectivity index (χ1) is 17.1. The number of rotatable bonds is 2. The predicted octanol–water partition coefficient (Wildman–Crippen LogP) is 10.5. The van der Waals surface area contributed by atoms with Gasteiger partial charge in [0.15, 0.2) is 0 Å². The van der Waals surface area contributed by atoms with Gasteiger partial charge in [-0.2, -0.15) is 0 Å². The largest absolute Gasteiger partial charge is 0.0622 e. The minimum absolute atomic E-state index is 0.0602. The van der Waals surface area contributed by atoms with Crippen LogP contribution < -0.4 is 0 Å². The Bertz CT molecular complexity index is 1580. The van der Waals surface area contributed by atoms with Crippen molar-refractivity contribution in [1.29, 1.82) is 0 Å². The molecule has 0 spiro atoms. The van der Waals surface area contributed by atoms with Gasteiger partial charge in [0.2, 0.25) is 0 Å². The molecular formula is C36H34. The van der Waals surface area contributed by atoms with E-state index in [1.165, 1.54) is 65.7 Å². The lowest BCUT2D eigenvalue weighted by Crippen LogP contribution is -2.12. The van der Waals surface area contributed by atoms with Gasteiger partial charge in [0, 0.05) is 0 Å². The molecule has 0 aliphatic heterocycles. The molecule has 0 heterocycles. The molecule has 0 unspecified atom stereocenters. The highest BCUT2D eigenvalue weighted by molar-refractivity contribution is 6.29. The molecule has 0 aliphatic carbocycles. The molecule has 36 heavy (non-hydrogen) atoms. The van der Waals surface area contributed by atoms with Gasteiger partial charge >= 0.3 is 0 Å². The summed E-state index contributed by atoms with van der Waals surface area (Å²) in [5, 5.41) is 8.13. The highest BCUT2D eigenvalue weighted by Crippen LogP contribution is 2.46. The first kappa shape index (κ1) is 22.8. The molecule has 6 rings (SSSR count). The smallest absolute Gasteiger partial charge is 0.00199 e. The molecule has 6 aromatic carbocycles. The summed E-state index contributed by atoms with van der Waals surface area (Å²) in [4.78, 5) is 0. The summed E-state index contributed by atoms with van der Waals surface area (Å²) in [6.07, 6.45) is 0. The summed E-state index contributed by atoms with van der Waals surface area (Å²) >= 11 is 0. The Hall–Kier alpha value is -3.64. The van der Waals surface area contributed by atoms with Gasteiger partial charge in [0.25, 0.3) is 0 Å². The fraction of sp³-hybridized carbons (Fsp3) is 0.222. The van der Waals surface area contributed by atoms with Crippen LogP contribution in [0.4, 0.5) is 0 Å². The second-order valence-corrected chi connectivity index (χ2v) is 12.3. The summed E-state index contributed by atoms with van der Waals surface area (Å²) in [6, 6.07) is 36.4. The fourth-order valence-corrected chi connectivity index (χ4v) is 5.59. The van der Waals surface area contributed by atoms with Crippen molar-refractivity contribution < 1.29 is 0 Å². The van der Waals surface area contributed by atoms with Crippen molar-refractivity contribution in [1.82, 2.24) is 0 Å². The molecule has 0 nitrogen and oxygen atoms in total. The van der Waals surface area contributed by atoms with E-state index in [1.807, 2.05) is 0 Å². The molecule has 0 bridgehead atoms. The lowest BCUT2D eigenvalue weighted by atomic mass is 9.78. The Morgan fingerprint density at radius 1 is 0.417 bits per heavy atom. The maximum atomic E-state index is 2.45. The van der Waals surface area contributed by atoms with Crippen molar-refractivity contribution in [3.8, 4) is 22.3 Å². The summed E-state index contributed by atoms with van der Waals surface area (Å²) in [6.45, 7) is 13.9. The van der Waals surface area contributed by atoms with Gasteiger partial charge in [0.05, 0.1) is 0 Å². The van der Waals surface area contributed by atoms with Gasteiger partial charge < -0.3 is 0 Å². The molecule has 0 atom stereocenters. The lowest BCUT2D eigenvalue weighted by molar-refractivity contribution is 0.591. The van der Waals surface area contributed by atoms with Gasteiger partial charge in [-0.15, -0.1) is 0 Å². The lowest BCUT2D eigenvalue weighted by Gasteiger charge is -2.26. The van der Waals surface area contributed by atoms with Crippen molar-refractivity contribution in [2.24, 2.45) is 0 Å². The third-order valence-electron chi connectivity index (χ3n) is 7.67. The zero-order valence-electron chi connectivity index (χ0n) is 22.2. The number of hydrogen-bond acceptors (Lipinski definition) is 0. The van der Waals surface area contributed by atoms with E-state index in [4.69, 9.17) is 0 Å². The first-order valence-electron chi connectivity index (χ1n) is 13.0. The minimum atomic E-state index is 0.0602. The van der Waals surface area contributed by atoms with E-state index in [2.05, 4.69) is 139 Å². The van der Waals surface area contributed by atoms with Gasteiger partial charge in [-0.25, -0.2) is 0 Å². The van der Waals surface area contributed by atoms with Crippen LogP contribution in [-0.4, -0.2) is 0 Å². The molecule has 178 valence electrons. The molecule has 0 aliphatic rings. The maximum absolute atomic E-state index is 2.45. The third-order valence-corrected chi connectivity index (χ3v) is 7.67. The fourth-order valence-electron chi connectivity index (χ4n) is 5.59. The van der Waals surface area contributed by atoms with Crippen molar-refractivity contribution in [3.63, 3.8) is 0 Å². The van der Waals surface area contributed by atoms with E-state index in [0.717, 1.165) is 0 Å². The molecule has 6 aromatic rings. The Morgan fingerprint density at radius 2 is 0.778 bits per heavy atom. The Kier molecular flexibility index (Phi) is 5.02. The maximum Gasteiger partial charge on any atom is -0.00199 e. The molecule has 0 fully saturated rings. The summed E-state index contributed by atoms with van der Waals surface area (Å²) < 4.78 is 0. The normalized spacial score (nSPS) is 12.7. The summed E-state index contributed by atoms with van der Waals surface area (Å²) in [5.74, 6) is 0. The van der Waals surface area contributed by atoms with Crippen LogP contribution in [0, 0.1) is 0 Å². The van der Waals surface area contributed by atoms with E-state index in [1.54, 1.807) is 0 Å². The third kappa shape index (κ3) is 3.68. The first-order valence-corrected chi connectivity index (χ1v) is 13.0. The summed E-state index contributed by atoms with van der Waals surface area (Å²) in [7, 11) is 0. The van der Waals surface area contributed by atoms with Crippen LogP contribution >= 0.6 is 0 Å². The number of hydrogen-bond donors (Lipinski definition) is 0. The highest BCUT2D eigenvalue weighted by atomic mass is 14.3. The van der Waals surface area contributed by atoms with Crippen LogP contribution in [-0.2, 0) is 10.8 Å². The van der Waals surface area contributed by atoms with Gasteiger partial charge in [-0.1, -0.05) is 114 Å². The standard InChI is InChI=1S/C36H34/c1-35(2,3)27-17-25-19-30(24-15-11-8-12-16-24)32-22-28(36(4,5)6)18-26-20-29(23-13-9-7-10-14-23)31(21-27)33(25)34(26)32/h7-22H,1-6H3. The van der Waals surface area contributed by atoms with Crippen LogP contribution in [0.1, 0.15) is 52.7 Å². The van der Waals surface area contributed by atoms with E-state index in [9.17, 15) is 0 Å². The Labute approximate surface area is 214 Å². The van der Waals surface area contributed by atoms with Crippen LogP contribution in [0.2, 0.25) is 0 Å². The van der Waals surface area contributed by atoms with E-state index in [-0.39, 0.29) is 10.8 Å². The molecule has 0 amide bonds. The zero-order chi connectivity index (χ0) is 25.2. The zero-order valence-corrected chi connectivity index (χ0v) is 22.2. The quantitative estimate of drug-likeness (QED) is 0.223. The molecule has 0 saturated carbocycles. The molecule has 0 radical (unpaired) electrons. The van der Waals surface area contributed by atoms with Crippen LogP contribution in [0.3, 0.4) is 0 Å². The molecular weight excluding hydrogens is 432 g/mol. The van der Waals surface area contributed by atoms with Crippen molar-refractivity contribution >= 4 is 32.3 Å². The van der Waals surface area contributed by atoms with E-state index in [0.29, 0.717) is 0 Å². The molecule has 0 heteroatoms. The van der Waals surface area contributed by atoms with Crippen LogP contribution in [0.5, 0.6) is 0 Å². The Balaban J connectivity index is 1.87. The van der Waals surface area contributed by atoms with E-state index >= 15 is 0 Å². The average Bonchev–Trinajstić information content (AvgIpc) is 2.86. The monoisotopic (exact) mass is 466 g/mol. The van der Waals surface area contributed by atoms with Gasteiger partial charge in [0.1, 0.15) is 0 Å². The number of benzene rings is 6. The minimum Gasteiger partial charge on any atom is -0.0622 e. The average molecular weight is 467 g/mol. The topological polar surface area (TPSA) is 0 Å². The Morgan fingerprint density at radius 3 is 1.11 bits per heavy atom. The van der Waals surface area contributed by atoms with E-state index < -0.39 is 0 Å². The molecule has 0 aromatic heterocycles. The highest BCUT2D eigenvalue weighted by Gasteiger charge is 2.23. The van der Waals surface area contributed by atoms with Crippen molar-refractivity contribution in [2.45, 2.75) is 52.4 Å². The van der Waals surface area contributed by atoms with Gasteiger partial charge in [-0.05, 0) is 101 Å².